The van der Waals surface area contributed by atoms with Gasteiger partial charge in [-0.25, -0.2) is 0 Å². The van der Waals surface area contributed by atoms with Gasteiger partial charge in [-0.3, -0.25) is 9.48 Å². The molecule has 0 aromatic carbocycles. The Kier molecular flexibility index (Phi) is 3.49. The molecule has 0 unspecified atom stereocenters. The minimum absolute atomic E-state index is 0.235. The first-order valence-corrected chi connectivity index (χ1v) is 7.49. The number of nitrogens with one attached hydrogen (secondary N) is 2. The number of carbonyl (C=O) groups excluding carboxylic acids is 1. The van der Waals surface area contributed by atoms with Gasteiger partial charge in [0.2, 0.25) is 0 Å². The third kappa shape index (κ3) is 2.44. The monoisotopic (exact) mass is 301 g/mol. The van der Waals surface area contributed by atoms with Crippen LogP contribution in [0.5, 0.6) is 0 Å². The number of hydrogen-bond acceptors (Lipinski definition) is 5. The zero-order valence-electron chi connectivity index (χ0n) is 11.9. The lowest BCUT2D eigenvalue weighted by molar-refractivity contribution is 0.101. The molecule has 0 aliphatic carbocycles. The van der Waals surface area contributed by atoms with Gasteiger partial charge in [0, 0.05) is 18.5 Å². The van der Waals surface area contributed by atoms with E-state index in [4.69, 9.17) is 0 Å². The number of nitriles is 1. The van der Waals surface area contributed by atoms with Gasteiger partial charge in [0.05, 0.1) is 11.3 Å². The lowest BCUT2D eigenvalue weighted by Gasteiger charge is -2.11. The summed E-state index contributed by atoms with van der Waals surface area (Å²) in [6.45, 7) is 3.47. The maximum atomic E-state index is 12.3. The molecule has 0 bridgehead atoms. The Hall–Kier alpha value is -2.17. The molecule has 3 rings (SSSR count). The van der Waals surface area contributed by atoms with Crippen LogP contribution >= 0.6 is 11.3 Å². The molecule has 0 saturated carbocycles. The first-order valence-electron chi connectivity index (χ1n) is 6.67. The van der Waals surface area contributed by atoms with Gasteiger partial charge in [0.25, 0.3) is 5.91 Å². The van der Waals surface area contributed by atoms with Crippen LogP contribution in [0.2, 0.25) is 0 Å². The van der Waals surface area contributed by atoms with Crippen LogP contribution in [0.4, 0.5) is 5.00 Å². The second-order valence-corrected chi connectivity index (χ2v) is 6.10. The van der Waals surface area contributed by atoms with Crippen LogP contribution in [0, 0.1) is 18.3 Å². The van der Waals surface area contributed by atoms with Crippen molar-refractivity contribution in [2.45, 2.75) is 19.9 Å². The van der Waals surface area contributed by atoms with Crippen LogP contribution < -0.4 is 10.6 Å². The van der Waals surface area contributed by atoms with Gasteiger partial charge in [-0.2, -0.15) is 10.4 Å². The van der Waals surface area contributed by atoms with Crippen molar-refractivity contribution in [2.24, 2.45) is 7.05 Å². The molecule has 3 heterocycles. The molecule has 108 valence electrons. The van der Waals surface area contributed by atoms with Crippen LogP contribution in [0.15, 0.2) is 6.07 Å². The smallest absolute Gasteiger partial charge is 0.274 e. The fourth-order valence-corrected chi connectivity index (χ4v) is 3.69. The van der Waals surface area contributed by atoms with Crippen molar-refractivity contribution in [2.75, 3.05) is 11.9 Å². The largest absolute Gasteiger partial charge is 0.312 e. The quantitative estimate of drug-likeness (QED) is 0.882. The number of nitrogens with zero attached hydrogens (tertiary/aromatic N) is 3. The van der Waals surface area contributed by atoms with Gasteiger partial charge >= 0.3 is 0 Å². The summed E-state index contributed by atoms with van der Waals surface area (Å²) in [5, 5.41) is 20.3. The third-order valence-corrected chi connectivity index (χ3v) is 4.65. The summed E-state index contributed by atoms with van der Waals surface area (Å²) >= 11 is 1.48. The molecule has 1 amide bonds. The number of hydrogen-bond donors (Lipinski definition) is 2. The average molecular weight is 301 g/mol. The summed E-state index contributed by atoms with van der Waals surface area (Å²) in [7, 11) is 1.73. The molecular formula is C14H15N5OS. The number of anilines is 1. The lowest BCUT2D eigenvalue weighted by atomic mass is 10.1. The van der Waals surface area contributed by atoms with E-state index in [-0.39, 0.29) is 5.91 Å². The van der Waals surface area contributed by atoms with E-state index in [9.17, 15) is 10.1 Å². The summed E-state index contributed by atoms with van der Waals surface area (Å²) < 4.78 is 1.55. The van der Waals surface area contributed by atoms with Crippen molar-refractivity contribution in [1.29, 1.82) is 5.26 Å². The molecule has 2 aromatic heterocycles. The molecule has 0 fully saturated rings. The molecule has 0 saturated heterocycles. The van der Waals surface area contributed by atoms with Gasteiger partial charge in [-0.15, -0.1) is 11.3 Å². The minimum atomic E-state index is -0.235. The highest BCUT2D eigenvalue weighted by Gasteiger charge is 2.22. The normalized spacial score (nSPS) is 13.6. The van der Waals surface area contributed by atoms with Crippen molar-refractivity contribution in [1.82, 2.24) is 15.1 Å². The number of thiophene rings is 1. The number of aryl methyl sites for hydroxylation is 2. The number of aromatic nitrogens is 2. The standard InChI is InChI=1S/C14H15N5OS/c1-8-5-11(19(2)18-8)13(20)17-14-10(6-15)9-3-4-16-7-12(9)21-14/h5,16H,3-4,7H2,1-2H3,(H,17,20). The van der Waals surface area contributed by atoms with Gasteiger partial charge in [0.15, 0.2) is 0 Å². The van der Waals surface area contributed by atoms with Gasteiger partial charge < -0.3 is 10.6 Å². The fraction of sp³-hybridized carbons (Fsp3) is 0.357. The molecular weight excluding hydrogens is 286 g/mol. The summed E-state index contributed by atoms with van der Waals surface area (Å²) in [5.74, 6) is -0.235. The SMILES string of the molecule is Cc1cc(C(=O)Nc2sc3c(c2C#N)CCNC3)n(C)n1. The van der Waals surface area contributed by atoms with Gasteiger partial charge in [-0.1, -0.05) is 0 Å². The molecule has 2 N–H and O–H groups in total. The van der Waals surface area contributed by atoms with Crippen molar-refractivity contribution in [3.8, 4) is 6.07 Å². The highest BCUT2D eigenvalue weighted by Crippen LogP contribution is 2.35. The zero-order valence-corrected chi connectivity index (χ0v) is 12.7. The van der Waals surface area contributed by atoms with Crippen molar-refractivity contribution < 1.29 is 4.79 Å². The minimum Gasteiger partial charge on any atom is -0.312 e. The second-order valence-electron chi connectivity index (χ2n) is 5.00. The predicted molar refractivity (Wildman–Crippen MR) is 80.3 cm³/mol. The van der Waals surface area contributed by atoms with E-state index in [1.54, 1.807) is 17.8 Å². The van der Waals surface area contributed by atoms with Crippen LogP contribution in [0.25, 0.3) is 0 Å². The number of rotatable bonds is 2. The van der Waals surface area contributed by atoms with Crippen LogP contribution in [0.1, 0.15) is 32.2 Å². The molecule has 0 atom stereocenters. The Morgan fingerprint density at radius 1 is 1.62 bits per heavy atom. The molecule has 1 aliphatic heterocycles. The maximum Gasteiger partial charge on any atom is 0.274 e. The first kappa shape index (κ1) is 13.8. The van der Waals surface area contributed by atoms with Crippen molar-refractivity contribution in [3.05, 3.63) is 33.5 Å². The fourth-order valence-electron chi connectivity index (χ4n) is 2.53. The number of amides is 1. The summed E-state index contributed by atoms with van der Waals surface area (Å²) in [5.41, 5.74) is 2.94. The first-order chi connectivity index (χ1) is 10.1. The zero-order chi connectivity index (χ0) is 15.0. The highest BCUT2D eigenvalue weighted by atomic mass is 32.1. The average Bonchev–Trinajstić information content (AvgIpc) is 2.97. The third-order valence-electron chi connectivity index (χ3n) is 3.50. The van der Waals surface area contributed by atoms with Gasteiger partial charge in [0.1, 0.15) is 16.8 Å². The Labute approximate surface area is 126 Å². The molecule has 21 heavy (non-hydrogen) atoms. The predicted octanol–water partition coefficient (Wildman–Crippen LogP) is 1.56. The van der Waals surface area contributed by atoms with E-state index in [1.165, 1.54) is 11.3 Å². The van der Waals surface area contributed by atoms with E-state index in [2.05, 4.69) is 21.8 Å². The van der Waals surface area contributed by atoms with Crippen molar-refractivity contribution >= 4 is 22.2 Å². The summed E-state index contributed by atoms with van der Waals surface area (Å²) in [6, 6.07) is 3.96. The van der Waals surface area contributed by atoms with E-state index in [0.717, 1.165) is 35.6 Å². The van der Waals surface area contributed by atoms with Crippen molar-refractivity contribution in [3.63, 3.8) is 0 Å². The van der Waals surface area contributed by atoms with Gasteiger partial charge in [-0.05, 0) is 31.5 Å². The molecule has 7 heteroatoms. The Morgan fingerprint density at radius 3 is 3.10 bits per heavy atom. The molecule has 0 spiro atoms. The molecule has 6 nitrogen and oxygen atoms in total. The van der Waals surface area contributed by atoms with E-state index in [1.807, 2.05) is 6.92 Å². The Bertz CT molecular complexity index is 752. The molecule has 0 radical (unpaired) electrons. The Balaban J connectivity index is 1.92. The summed E-state index contributed by atoms with van der Waals surface area (Å²) in [6.07, 6.45) is 0.829. The van der Waals surface area contributed by atoms with Crippen LogP contribution in [0.3, 0.4) is 0 Å². The summed E-state index contributed by atoms with van der Waals surface area (Å²) in [4.78, 5) is 13.5. The van der Waals surface area contributed by atoms with Crippen LogP contribution in [-0.2, 0) is 20.0 Å². The second kappa shape index (κ2) is 5.31. The van der Waals surface area contributed by atoms with E-state index in [0.29, 0.717) is 16.3 Å². The maximum absolute atomic E-state index is 12.3. The lowest BCUT2D eigenvalue weighted by Crippen LogP contribution is -2.22. The number of fused-ring (bicyclic) bond motifs is 1. The van der Waals surface area contributed by atoms with Crippen LogP contribution in [-0.4, -0.2) is 22.2 Å². The molecule has 2 aromatic rings. The topological polar surface area (TPSA) is 82.7 Å². The highest BCUT2D eigenvalue weighted by molar-refractivity contribution is 7.16. The molecule has 1 aliphatic rings. The van der Waals surface area contributed by atoms with E-state index >= 15 is 0 Å². The number of carbonyl (C=O) groups is 1. The Morgan fingerprint density at radius 2 is 2.43 bits per heavy atom. The van der Waals surface area contributed by atoms with E-state index < -0.39 is 0 Å².